The summed E-state index contributed by atoms with van der Waals surface area (Å²) in [5, 5.41) is 1.99. The molecule has 0 unspecified atom stereocenters. The Kier molecular flexibility index (Phi) is 6.19. The molecule has 0 saturated carbocycles. The Morgan fingerprint density at radius 1 is 1.27 bits per heavy atom. The smallest absolute Gasteiger partial charge is 0.276 e. The largest absolute Gasteiger partial charge is 0.339 e. The second kappa shape index (κ2) is 8.85. The van der Waals surface area contributed by atoms with E-state index in [1.54, 1.807) is 11.4 Å². The topological polar surface area (TPSA) is 55.2 Å². The number of hydrogen-bond donors (Lipinski definition) is 0. The van der Waals surface area contributed by atoms with Crippen LogP contribution in [-0.2, 0) is 4.79 Å². The van der Waals surface area contributed by atoms with Crippen molar-refractivity contribution in [3.05, 3.63) is 51.6 Å². The van der Waals surface area contributed by atoms with Crippen LogP contribution in [-0.4, -0.2) is 38.7 Å². The van der Waals surface area contributed by atoms with Crippen LogP contribution >= 0.6 is 23.1 Å². The fourth-order valence-corrected chi connectivity index (χ4v) is 5.51. The number of nitrogens with zero attached hydrogens (tertiary/aromatic N) is 3. The van der Waals surface area contributed by atoms with Crippen LogP contribution in [0, 0.1) is 11.6 Å². The van der Waals surface area contributed by atoms with Crippen molar-refractivity contribution in [1.29, 1.82) is 0 Å². The van der Waals surface area contributed by atoms with E-state index in [0.29, 0.717) is 10.2 Å². The van der Waals surface area contributed by atoms with E-state index in [0.717, 1.165) is 62.2 Å². The van der Waals surface area contributed by atoms with Crippen LogP contribution in [0.25, 0.3) is 15.9 Å². The van der Waals surface area contributed by atoms with Crippen molar-refractivity contribution < 1.29 is 13.6 Å². The van der Waals surface area contributed by atoms with Crippen LogP contribution in [0.15, 0.2) is 39.6 Å². The van der Waals surface area contributed by atoms with E-state index < -0.39 is 17.2 Å². The average Bonchev–Trinajstić information content (AvgIpc) is 3.20. The first kappa shape index (κ1) is 21.0. The molecule has 3 heterocycles. The number of aromatic nitrogens is 2. The first-order chi connectivity index (χ1) is 14.5. The molecule has 0 radical (unpaired) electrons. The molecule has 0 N–H and O–H groups in total. The molecule has 4 rings (SSSR count). The molecule has 3 aromatic rings. The Morgan fingerprint density at radius 3 is 2.77 bits per heavy atom. The monoisotopic (exact) mass is 449 g/mol. The predicted molar refractivity (Wildman–Crippen MR) is 116 cm³/mol. The van der Waals surface area contributed by atoms with E-state index >= 15 is 0 Å². The highest BCUT2D eigenvalue weighted by atomic mass is 32.2. The van der Waals surface area contributed by atoms with Crippen LogP contribution < -0.4 is 5.56 Å². The minimum Gasteiger partial charge on any atom is -0.339 e. The number of likely N-dealkylation sites (tertiary alicyclic amines) is 1. The van der Waals surface area contributed by atoms with Gasteiger partial charge in [0.05, 0.1) is 17.0 Å². The third kappa shape index (κ3) is 4.13. The van der Waals surface area contributed by atoms with Crippen molar-refractivity contribution in [1.82, 2.24) is 14.5 Å². The Bertz CT molecular complexity index is 1120. The van der Waals surface area contributed by atoms with Crippen molar-refractivity contribution in [2.75, 3.05) is 12.3 Å². The average molecular weight is 450 g/mol. The number of thioether (sulfide) groups is 1. The number of thiophene rings is 1. The summed E-state index contributed by atoms with van der Waals surface area (Å²) in [7, 11) is 0. The van der Waals surface area contributed by atoms with Crippen molar-refractivity contribution in [3.8, 4) is 5.69 Å². The number of fused-ring (bicyclic) bond motifs is 1. The highest BCUT2D eigenvalue weighted by Gasteiger charge is 2.26. The van der Waals surface area contributed by atoms with E-state index in [1.807, 2.05) is 4.90 Å². The number of hydrogen-bond acceptors (Lipinski definition) is 5. The van der Waals surface area contributed by atoms with Gasteiger partial charge in [-0.3, -0.25) is 14.2 Å². The number of carbonyl (C=O) groups excluding carboxylic acids is 1. The highest BCUT2D eigenvalue weighted by Crippen LogP contribution is 2.26. The molecule has 1 saturated heterocycles. The zero-order valence-electron chi connectivity index (χ0n) is 16.4. The summed E-state index contributed by atoms with van der Waals surface area (Å²) in [6.45, 7) is 2.81. The third-order valence-corrected chi connectivity index (χ3v) is 7.11. The van der Waals surface area contributed by atoms with Crippen molar-refractivity contribution in [2.45, 2.75) is 43.8 Å². The first-order valence-electron chi connectivity index (χ1n) is 9.87. The maximum atomic E-state index is 13.8. The standard InChI is InChI=1S/C21H21F2N3O2S2/c1-2-15-5-3-4-7-25(15)18(27)12-30-21-24-17-6-8-29-19(17)20(28)26(21)16-10-13(22)9-14(23)11-16/h6,8-11,15H,2-5,7,12H2,1H3/t15-/m0/s1. The van der Waals surface area contributed by atoms with Gasteiger partial charge in [0.2, 0.25) is 5.91 Å². The van der Waals surface area contributed by atoms with E-state index in [4.69, 9.17) is 0 Å². The number of carbonyl (C=O) groups is 1. The summed E-state index contributed by atoms with van der Waals surface area (Å²) >= 11 is 2.34. The van der Waals surface area contributed by atoms with Crippen molar-refractivity contribution in [3.63, 3.8) is 0 Å². The Morgan fingerprint density at radius 2 is 2.03 bits per heavy atom. The molecule has 1 atom stereocenters. The molecule has 30 heavy (non-hydrogen) atoms. The molecule has 1 fully saturated rings. The summed E-state index contributed by atoms with van der Waals surface area (Å²) in [6, 6.07) is 4.90. The molecular weight excluding hydrogens is 428 g/mol. The Labute approximate surface area is 180 Å². The van der Waals surface area contributed by atoms with Gasteiger partial charge < -0.3 is 4.90 Å². The fraction of sp³-hybridized carbons (Fsp3) is 0.381. The second-order valence-electron chi connectivity index (χ2n) is 7.23. The zero-order chi connectivity index (χ0) is 21.3. The molecule has 0 aliphatic carbocycles. The number of rotatable bonds is 5. The summed E-state index contributed by atoms with van der Waals surface area (Å²) in [4.78, 5) is 32.3. The molecule has 1 aliphatic rings. The fourth-order valence-electron chi connectivity index (χ4n) is 3.85. The third-order valence-electron chi connectivity index (χ3n) is 5.30. The summed E-state index contributed by atoms with van der Waals surface area (Å²) in [6.07, 6.45) is 4.01. The van der Waals surface area contributed by atoms with E-state index in [1.165, 1.54) is 15.9 Å². The molecule has 2 aromatic heterocycles. The van der Waals surface area contributed by atoms with Gasteiger partial charge in [0.15, 0.2) is 5.16 Å². The van der Waals surface area contributed by atoms with Crippen molar-refractivity contribution in [2.24, 2.45) is 0 Å². The second-order valence-corrected chi connectivity index (χ2v) is 9.09. The van der Waals surface area contributed by atoms with Gasteiger partial charge in [-0.15, -0.1) is 11.3 Å². The lowest BCUT2D eigenvalue weighted by Gasteiger charge is -2.35. The number of amides is 1. The molecule has 158 valence electrons. The van der Waals surface area contributed by atoms with Gasteiger partial charge in [-0.1, -0.05) is 18.7 Å². The summed E-state index contributed by atoms with van der Waals surface area (Å²) in [5.41, 5.74) is 0.163. The molecule has 9 heteroatoms. The Hall–Kier alpha value is -2.26. The Balaban J connectivity index is 1.69. The molecule has 5 nitrogen and oxygen atoms in total. The van der Waals surface area contributed by atoms with Gasteiger partial charge in [0, 0.05) is 18.7 Å². The number of piperidine rings is 1. The van der Waals surface area contributed by atoms with Crippen LogP contribution in [0.5, 0.6) is 0 Å². The minimum absolute atomic E-state index is 0.0109. The molecule has 1 aliphatic heterocycles. The van der Waals surface area contributed by atoms with E-state index in [9.17, 15) is 18.4 Å². The van der Waals surface area contributed by atoms with Crippen LogP contribution in [0.1, 0.15) is 32.6 Å². The maximum Gasteiger partial charge on any atom is 0.276 e. The lowest BCUT2D eigenvalue weighted by molar-refractivity contribution is -0.132. The number of halogens is 2. The lowest BCUT2D eigenvalue weighted by Crippen LogP contribution is -2.44. The number of benzene rings is 1. The van der Waals surface area contributed by atoms with Gasteiger partial charge in [0.1, 0.15) is 16.3 Å². The van der Waals surface area contributed by atoms with Crippen LogP contribution in [0.4, 0.5) is 8.78 Å². The van der Waals surface area contributed by atoms with Gasteiger partial charge in [0.25, 0.3) is 5.56 Å². The molecule has 1 aromatic carbocycles. The van der Waals surface area contributed by atoms with Gasteiger partial charge in [-0.2, -0.15) is 0 Å². The van der Waals surface area contributed by atoms with E-state index in [-0.39, 0.29) is 28.5 Å². The summed E-state index contributed by atoms with van der Waals surface area (Å²) < 4.78 is 29.2. The highest BCUT2D eigenvalue weighted by molar-refractivity contribution is 7.99. The van der Waals surface area contributed by atoms with Gasteiger partial charge >= 0.3 is 0 Å². The van der Waals surface area contributed by atoms with E-state index in [2.05, 4.69) is 11.9 Å². The van der Waals surface area contributed by atoms with Crippen LogP contribution in [0.2, 0.25) is 0 Å². The normalized spacial score (nSPS) is 16.9. The lowest BCUT2D eigenvalue weighted by atomic mass is 10.0. The van der Waals surface area contributed by atoms with Crippen LogP contribution in [0.3, 0.4) is 0 Å². The van der Waals surface area contributed by atoms with Gasteiger partial charge in [-0.05, 0) is 49.3 Å². The van der Waals surface area contributed by atoms with Crippen molar-refractivity contribution >= 4 is 39.2 Å². The minimum atomic E-state index is -0.783. The summed E-state index contributed by atoms with van der Waals surface area (Å²) in [5.74, 6) is -1.47. The zero-order valence-corrected chi connectivity index (χ0v) is 18.1. The molecule has 1 amide bonds. The van der Waals surface area contributed by atoms with Gasteiger partial charge in [-0.25, -0.2) is 13.8 Å². The quantitative estimate of drug-likeness (QED) is 0.422. The molecule has 0 spiro atoms. The maximum absolute atomic E-state index is 13.8. The molecular formula is C21H21F2N3O2S2. The molecule has 0 bridgehead atoms. The first-order valence-corrected chi connectivity index (χ1v) is 11.7. The SMILES string of the molecule is CC[C@H]1CCCCN1C(=O)CSc1nc2ccsc2c(=O)n1-c1cc(F)cc(F)c1. The predicted octanol–water partition coefficient (Wildman–Crippen LogP) is 4.61.